The summed E-state index contributed by atoms with van der Waals surface area (Å²) in [5.74, 6) is 0. The van der Waals surface area contributed by atoms with Crippen molar-refractivity contribution in [2.24, 2.45) is 0 Å². The Labute approximate surface area is 208 Å². The molecule has 9 heteroatoms. The van der Waals surface area contributed by atoms with E-state index in [-0.39, 0.29) is 33.4 Å². The molecule has 1 saturated heterocycles. The van der Waals surface area contributed by atoms with Crippen molar-refractivity contribution in [3.8, 4) is 0 Å². The lowest BCUT2D eigenvalue weighted by Gasteiger charge is -2.62. The van der Waals surface area contributed by atoms with E-state index in [0.29, 0.717) is 18.7 Å². The van der Waals surface area contributed by atoms with Crippen LogP contribution in [0.2, 0.25) is 15.1 Å². The lowest BCUT2D eigenvalue weighted by molar-refractivity contribution is 0.0329. The Bertz CT molecular complexity index is 526. The maximum absolute atomic E-state index is 7.31. The van der Waals surface area contributed by atoms with E-state index in [9.17, 15) is 0 Å². The summed E-state index contributed by atoms with van der Waals surface area (Å²) in [5, 5.41) is -0.684. The van der Waals surface area contributed by atoms with Crippen molar-refractivity contribution >= 4 is 25.7 Å². The van der Waals surface area contributed by atoms with Gasteiger partial charge in [0, 0.05) is 15.1 Å². The quantitative estimate of drug-likeness (QED) is 0.315. The first-order valence-electron chi connectivity index (χ1n) is 12.6. The van der Waals surface area contributed by atoms with Crippen molar-refractivity contribution < 1.29 is 26.6 Å². The zero-order chi connectivity index (χ0) is 26.1. The number of hydrogen-bond acceptors (Lipinski definition) is 6. The zero-order valence-corrected chi connectivity index (χ0v) is 27.3. The predicted molar refractivity (Wildman–Crippen MR) is 143 cm³/mol. The Hall–Kier alpha value is 0.411. The molecule has 0 bridgehead atoms. The van der Waals surface area contributed by atoms with Gasteiger partial charge in [0.2, 0.25) is 0 Å². The largest absolute Gasteiger partial charge is 0.412 e. The highest BCUT2D eigenvalue weighted by atomic mass is 28.5. The second-order valence-corrected chi connectivity index (χ2v) is 25.7. The standard InChI is InChI=1S/C24H54O6Si3/c1-19(2)25-16-31(22(7,8)9)28-32(23(10,11)12,17-26-20(3)4)30-33(29-31,24(13,14)15)18-27-21(5)6/h19-21H,16-18H2,1-15H3. The second-order valence-electron chi connectivity index (χ2n) is 13.4. The van der Waals surface area contributed by atoms with E-state index in [1.807, 2.05) is 0 Å². The predicted octanol–water partition coefficient (Wildman–Crippen LogP) is 6.67. The van der Waals surface area contributed by atoms with Crippen LogP contribution in [0.5, 0.6) is 0 Å². The van der Waals surface area contributed by atoms with Crippen LogP contribution < -0.4 is 0 Å². The molecule has 1 heterocycles. The topological polar surface area (TPSA) is 55.4 Å². The van der Waals surface area contributed by atoms with Crippen LogP contribution in [0.25, 0.3) is 0 Å². The van der Waals surface area contributed by atoms with Crippen LogP contribution in [-0.2, 0) is 26.6 Å². The van der Waals surface area contributed by atoms with Gasteiger partial charge in [0.05, 0.1) is 37.0 Å². The van der Waals surface area contributed by atoms with Crippen molar-refractivity contribution in [1.29, 1.82) is 0 Å². The summed E-state index contributed by atoms with van der Waals surface area (Å²) < 4.78 is 40.8. The summed E-state index contributed by atoms with van der Waals surface area (Å²) in [7, 11) is -8.90. The SMILES string of the molecule is CC(C)OC[Si]1(C(C)(C)C)O[Si](COC(C)C)(C(C)(C)C)O[Si](COC(C)C)(C(C)(C)C)O1. The van der Waals surface area contributed by atoms with Gasteiger partial charge in [-0.15, -0.1) is 0 Å². The van der Waals surface area contributed by atoms with Crippen LogP contribution in [0.15, 0.2) is 0 Å². The van der Waals surface area contributed by atoms with Crippen LogP contribution >= 0.6 is 0 Å². The lowest BCUT2D eigenvalue weighted by atomic mass is 10.2. The van der Waals surface area contributed by atoms with Crippen molar-refractivity contribution in [1.82, 2.24) is 0 Å². The first-order chi connectivity index (χ1) is 14.6. The van der Waals surface area contributed by atoms with Gasteiger partial charge in [-0.1, -0.05) is 62.3 Å². The Morgan fingerprint density at radius 2 is 0.636 bits per heavy atom. The highest BCUT2D eigenvalue weighted by Crippen LogP contribution is 2.55. The maximum Gasteiger partial charge on any atom is 0.352 e. The fourth-order valence-corrected chi connectivity index (χ4v) is 23.2. The fraction of sp³-hybridized carbons (Fsp3) is 1.00. The summed E-state index contributed by atoms with van der Waals surface area (Å²) in [5.41, 5.74) is 0. The van der Waals surface area contributed by atoms with E-state index in [0.717, 1.165) is 0 Å². The maximum atomic E-state index is 7.31. The third-order valence-electron chi connectivity index (χ3n) is 6.24. The summed E-state index contributed by atoms with van der Waals surface area (Å²) >= 11 is 0. The second kappa shape index (κ2) is 10.8. The third-order valence-corrected chi connectivity index (χ3v) is 22.6. The van der Waals surface area contributed by atoms with Crippen LogP contribution in [0, 0.1) is 0 Å². The molecule has 198 valence electrons. The zero-order valence-electron chi connectivity index (χ0n) is 24.3. The third kappa shape index (κ3) is 7.45. The first-order valence-corrected chi connectivity index (χ1v) is 18.6. The molecule has 0 aliphatic carbocycles. The van der Waals surface area contributed by atoms with Crippen molar-refractivity contribution in [2.75, 3.05) is 18.7 Å². The van der Waals surface area contributed by atoms with Crippen LogP contribution in [0.4, 0.5) is 0 Å². The number of hydrogen-bond donors (Lipinski definition) is 0. The molecule has 0 saturated carbocycles. The van der Waals surface area contributed by atoms with E-state index in [2.05, 4.69) is 104 Å². The van der Waals surface area contributed by atoms with E-state index in [1.165, 1.54) is 0 Å². The molecule has 1 aliphatic rings. The average Bonchev–Trinajstić information content (AvgIpc) is 2.60. The smallest absolute Gasteiger partial charge is 0.352 e. The average molecular weight is 523 g/mol. The van der Waals surface area contributed by atoms with Crippen molar-refractivity contribution in [3.05, 3.63) is 0 Å². The molecule has 1 fully saturated rings. The number of ether oxygens (including phenoxy) is 3. The van der Waals surface area contributed by atoms with E-state index in [1.54, 1.807) is 0 Å². The summed E-state index contributed by atoms with van der Waals surface area (Å²) in [6.45, 7) is 32.4. The number of rotatable bonds is 9. The molecule has 0 N–H and O–H groups in total. The van der Waals surface area contributed by atoms with Gasteiger partial charge in [0.25, 0.3) is 0 Å². The summed E-state index contributed by atoms with van der Waals surface area (Å²) in [6.07, 6.45) is 1.66. The van der Waals surface area contributed by atoms with Crippen LogP contribution in [0.3, 0.4) is 0 Å². The molecular formula is C24H54O6Si3. The first kappa shape index (κ1) is 31.4. The molecule has 0 aromatic rings. The summed E-state index contributed by atoms with van der Waals surface area (Å²) in [4.78, 5) is 0. The molecule has 1 rings (SSSR count). The van der Waals surface area contributed by atoms with E-state index in [4.69, 9.17) is 26.6 Å². The molecular weight excluding hydrogens is 469 g/mol. The molecule has 0 atom stereocenters. The molecule has 1 aliphatic heterocycles. The minimum Gasteiger partial charge on any atom is -0.412 e. The Morgan fingerprint density at radius 1 is 0.455 bits per heavy atom. The van der Waals surface area contributed by atoms with Gasteiger partial charge in [-0.25, -0.2) is 0 Å². The van der Waals surface area contributed by atoms with Crippen molar-refractivity contribution in [3.63, 3.8) is 0 Å². The van der Waals surface area contributed by atoms with Gasteiger partial charge in [-0.2, -0.15) is 0 Å². The molecule has 0 unspecified atom stereocenters. The van der Waals surface area contributed by atoms with Gasteiger partial charge < -0.3 is 26.6 Å². The van der Waals surface area contributed by atoms with E-state index < -0.39 is 25.7 Å². The molecule has 6 nitrogen and oxygen atoms in total. The van der Waals surface area contributed by atoms with Gasteiger partial charge in [0.1, 0.15) is 0 Å². The minimum atomic E-state index is -2.97. The Balaban J connectivity index is 3.85. The van der Waals surface area contributed by atoms with Gasteiger partial charge in [-0.05, 0) is 41.5 Å². The minimum absolute atomic E-state index is 0.0852. The van der Waals surface area contributed by atoms with Gasteiger partial charge in [0.15, 0.2) is 0 Å². The Morgan fingerprint density at radius 3 is 0.758 bits per heavy atom. The van der Waals surface area contributed by atoms with Crippen LogP contribution in [-0.4, -0.2) is 62.7 Å². The monoisotopic (exact) mass is 522 g/mol. The van der Waals surface area contributed by atoms with Crippen LogP contribution in [0.1, 0.15) is 104 Å². The van der Waals surface area contributed by atoms with Gasteiger partial charge in [-0.3, -0.25) is 0 Å². The fourth-order valence-electron chi connectivity index (χ4n) is 3.44. The molecule has 0 radical (unpaired) electrons. The summed E-state index contributed by atoms with van der Waals surface area (Å²) in [6, 6.07) is 0. The highest BCUT2D eigenvalue weighted by molar-refractivity contribution is 6.97. The normalized spacial score (nSPS) is 30.0. The molecule has 0 aromatic heterocycles. The van der Waals surface area contributed by atoms with E-state index >= 15 is 0 Å². The molecule has 0 spiro atoms. The highest BCUT2D eigenvalue weighted by Gasteiger charge is 2.72. The van der Waals surface area contributed by atoms with Gasteiger partial charge >= 0.3 is 25.7 Å². The lowest BCUT2D eigenvalue weighted by Crippen LogP contribution is -2.80. The molecule has 33 heavy (non-hydrogen) atoms. The van der Waals surface area contributed by atoms with Crippen molar-refractivity contribution in [2.45, 2.75) is 137 Å². The Kier molecular flexibility index (Phi) is 10.3. The molecule has 0 amide bonds. The molecule has 0 aromatic carbocycles.